The minimum absolute atomic E-state index is 0.204. The van der Waals surface area contributed by atoms with Crippen molar-refractivity contribution < 1.29 is 0 Å². The molecular weight excluding hydrogens is 252 g/mol. The molecule has 0 amide bonds. The van der Waals surface area contributed by atoms with Crippen LogP contribution < -0.4 is 5.56 Å². The number of azo groups is 1. The Labute approximate surface area is 115 Å². The summed E-state index contributed by atoms with van der Waals surface area (Å²) in [5.41, 5.74) is 1.47. The van der Waals surface area contributed by atoms with Crippen molar-refractivity contribution in [1.82, 2.24) is 9.97 Å². The quantitative estimate of drug-likeness (QED) is 0.738. The number of para-hydroxylation sites is 1. The summed E-state index contributed by atoms with van der Waals surface area (Å²) < 4.78 is 0. The fourth-order valence-electron chi connectivity index (χ4n) is 1.89. The van der Waals surface area contributed by atoms with Crippen LogP contribution in [0, 0.1) is 0 Å². The van der Waals surface area contributed by atoms with E-state index in [0.717, 1.165) is 5.56 Å². The lowest BCUT2D eigenvalue weighted by Gasteiger charge is -1.97. The maximum absolute atomic E-state index is 11.8. The summed E-state index contributed by atoms with van der Waals surface area (Å²) in [5, 5.41) is 8.57. The molecule has 3 rings (SSSR count). The normalized spacial score (nSPS) is 11.2. The third-order valence-corrected chi connectivity index (χ3v) is 2.86. The summed E-state index contributed by atoms with van der Waals surface area (Å²) >= 11 is 0. The molecule has 1 N–H and O–H groups in total. The summed E-state index contributed by atoms with van der Waals surface area (Å²) in [7, 11) is 0. The molecule has 0 fully saturated rings. The van der Waals surface area contributed by atoms with Crippen LogP contribution >= 0.6 is 0 Å². The molecule has 2 aromatic carbocycles. The molecule has 0 bridgehead atoms. The van der Waals surface area contributed by atoms with Crippen LogP contribution in [0.15, 0.2) is 69.6 Å². The van der Waals surface area contributed by atoms with Crippen molar-refractivity contribution >= 4 is 16.9 Å². The van der Waals surface area contributed by atoms with Crippen molar-refractivity contribution in [3.63, 3.8) is 0 Å². The van der Waals surface area contributed by atoms with Gasteiger partial charge in [0.1, 0.15) is 0 Å². The topological polar surface area (TPSA) is 70.5 Å². The molecule has 1 heterocycles. The van der Waals surface area contributed by atoms with E-state index in [1.807, 2.05) is 36.4 Å². The molecule has 0 radical (unpaired) electrons. The van der Waals surface area contributed by atoms with Gasteiger partial charge >= 0.3 is 0 Å². The van der Waals surface area contributed by atoms with E-state index in [0.29, 0.717) is 17.4 Å². The first-order valence-electron chi connectivity index (χ1n) is 6.23. The Bertz CT molecular complexity index is 809. The standard InChI is InChI=1S/C15H12N4O/c20-14-12-8-4-5-9-13(12)17-15(18-14)19-16-10-11-6-2-1-3-7-11/h1-9H,10H2,(H,17,18,20). The number of aromatic nitrogens is 2. The smallest absolute Gasteiger partial charge is 0.260 e. The highest BCUT2D eigenvalue weighted by Crippen LogP contribution is 2.10. The van der Waals surface area contributed by atoms with Gasteiger partial charge in [-0.25, -0.2) is 4.98 Å². The molecule has 0 unspecified atom stereocenters. The molecule has 20 heavy (non-hydrogen) atoms. The molecule has 3 aromatic rings. The molecule has 0 atom stereocenters. The number of fused-ring (bicyclic) bond motifs is 1. The highest BCUT2D eigenvalue weighted by molar-refractivity contribution is 5.77. The third kappa shape index (κ3) is 2.61. The molecule has 98 valence electrons. The first-order chi connectivity index (χ1) is 9.83. The Kier molecular flexibility index (Phi) is 3.33. The van der Waals surface area contributed by atoms with Gasteiger partial charge in [0.15, 0.2) is 0 Å². The van der Waals surface area contributed by atoms with Gasteiger partial charge in [-0.2, -0.15) is 5.11 Å². The van der Waals surface area contributed by atoms with Crippen molar-refractivity contribution in [2.45, 2.75) is 6.54 Å². The van der Waals surface area contributed by atoms with Crippen LogP contribution in [0.25, 0.3) is 10.9 Å². The Morgan fingerprint density at radius 1 is 1.00 bits per heavy atom. The Hall–Kier alpha value is -2.82. The van der Waals surface area contributed by atoms with Crippen molar-refractivity contribution in [3.8, 4) is 0 Å². The predicted molar refractivity (Wildman–Crippen MR) is 77.0 cm³/mol. The largest absolute Gasteiger partial charge is 0.289 e. The lowest BCUT2D eigenvalue weighted by molar-refractivity contribution is 0.928. The Balaban J connectivity index is 1.86. The highest BCUT2D eigenvalue weighted by atomic mass is 16.1. The number of nitrogens with one attached hydrogen (secondary N) is 1. The van der Waals surface area contributed by atoms with Gasteiger partial charge in [0.2, 0.25) is 5.95 Å². The maximum Gasteiger partial charge on any atom is 0.260 e. The number of benzene rings is 2. The number of hydrogen-bond donors (Lipinski definition) is 1. The summed E-state index contributed by atoms with van der Waals surface area (Å²) in [6.07, 6.45) is 0. The second-order valence-corrected chi connectivity index (χ2v) is 4.29. The highest BCUT2D eigenvalue weighted by Gasteiger charge is 2.01. The van der Waals surface area contributed by atoms with Crippen molar-refractivity contribution in [1.29, 1.82) is 0 Å². The molecule has 0 spiro atoms. The Morgan fingerprint density at radius 2 is 1.75 bits per heavy atom. The van der Waals surface area contributed by atoms with Gasteiger partial charge in [0, 0.05) is 0 Å². The van der Waals surface area contributed by atoms with Gasteiger partial charge in [-0.15, -0.1) is 5.11 Å². The molecule has 5 heteroatoms. The van der Waals surface area contributed by atoms with Crippen molar-refractivity contribution in [2.75, 3.05) is 0 Å². The molecule has 0 aliphatic heterocycles. The molecule has 0 saturated carbocycles. The van der Waals surface area contributed by atoms with Crippen LogP contribution in [0.1, 0.15) is 5.56 Å². The van der Waals surface area contributed by atoms with E-state index in [-0.39, 0.29) is 11.5 Å². The number of H-pyrrole nitrogens is 1. The van der Waals surface area contributed by atoms with Gasteiger partial charge in [-0.05, 0) is 17.7 Å². The van der Waals surface area contributed by atoms with Crippen LogP contribution in [-0.4, -0.2) is 9.97 Å². The first-order valence-corrected chi connectivity index (χ1v) is 6.23. The second-order valence-electron chi connectivity index (χ2n) is 4.29. The van der Waals surface area contributed by atoms with Crippen molar-refractivity contribution in [3.05, 3.63) is 70.5 Å². The molecule has 0 saturated heterocycles. The van der Waals surface area contributed by atoms with Crippen LogP contribution in [0.5, 0.6) is 0 Å². The first kappa shape index (κ1) is 12.2. The fraction of sp³-hybridized carbons (Fsp3) is 0.0667. The van der Waals surface area contributed by atoms with Gasteiger partial charge in [-0.1, -0.05) is 42.5 Å². The van der Waals surface area contributed by atoms with Crippen LogP contribution in [-0.2, 0) is 6.54 Å². The van der Waals surface area contributed by atoms with Crippen molar-refractivity contribution in [2.24, 2.45) is 10.2 Å². The minimum atomic E-state index is -0.204. The number of nitrogens with zero attached hydrogens (tertiary/aromatic N) is 3. The lowest BCUT2D eigenvalue weighted by Crippen LogP contribution is -2.06. The molecule has 0 aliphatic carbocycles. The number of hydrogen-bond acceptors (Lipinski definition) is 4. The summed E-state index contributed by atoms with van der Waals surface area (Å²) in [4.78, 5) is 18.7. The Morgan fingerprint density at radius 3 is 2.60 bits per heavy atom. The van der Waals surface area contributed by atoms with E-state index in [2.05, 4.69) is 20.2 Å². The molecule has 5 nitrogen and oxygen atoms in total. The maximum atomic E-state index is 11.8. The zero-order chi connectivity index (χ0) is 13.8. The SMILES string of the molecule is O=c1[nH]c(N=NCc2ccccc2)nc2ccccc12. The summed E-state index contributed by atoms with van der Waals surface area (Å²) in [5.74, 6) is 0.227. The average Bonchev–Trinajstić information content (AvgIpc) is 2.48. The van der Waals surface area contributed by atoms with Crippen LogP contribution in [0.2, 0.25) is 0 Å². The lowest BCUT2D eigenvalue weighted by atomic mass is 10.2. The summed E-state index contributed by atoms with van der Waals surface area (Å²) in [6.45, 7) is 0.456. The van der Waals surface area contributed by atoms with Gasteiger partial charge in [-0.3, -0.25) is 9.78 Å². The van der Waals surface area contributed by atoms with Gasteiger partial charge in [0.25, 0.3) is 5.56 Å². The van der Waals surface area contributed by atoms with E-state index in [9.17, 15) is 4.79 Å². The zero-order valence-corrected chi connectivity index (χ0v) is 10.7. The fourth-order valence-corrected chi connectivity index (χ4v) is 1.89. The van der Waals surface area contributed by atoms with E-state index in [4.69, 9.17) is 0 Å². The second kappa shape index (κ2) is 5.44. The zero-order valence-electron chi connectivity index (χ0n) is 10.7. The molecule has 0 aliphatic rings. The molecular formula is C15H12N4O. The van der Waals surface area contributed by atoms with E-state index in [1.54, 1.807) is 18.2 Å². The summed E-state index contributed by atoms with van der Waals surface area (Å²) in [6, 6.07) is 16.9. The van der Waals surface area contributed by atoms with Crippen LogP contribution in [0.3, 0.4) is 0 Å². The number of rotatable bonds is 3. The average molecular weight is 264 g/mol. The third-order valence-electron chi connectivity index (χ3n) is 2.86. The molecule has 1 aromatic heterocycles. The van der Waals surface area contributed by atoms with Gasteiger partial charge in [0.05, 0.1) is 17.4 Å². The van der Waals surface area contributed by atoms with E-state index in [1.165, 1.54) is 0 Å². The van der Waals surface area contributed by atoms with E-state index < -0.39 is 0 Å². The number of aromatic amines is 1. The van der Waals surface area contributed by atoms with E-state index >= 15 is 0 Å². The van der Waals surface area contributed by atoms with Crippen LogP contribution in [0.4, 0.5) is 5.95 Å². The van der Waals surface area contributed by atoms with Gasteiger partial charge < -0.3 is 0 Å². The monoisotopic (exact) mass is 264 g/mol. The predicted octanol–water partition coefficient (Wildman–Crippen LogP) is 3.21. The minimum Gasteiger partial charge on any atom is -0.289 e.